The van der Waals surface area contributed by atoms with Gasteiger partial charge < -0.3 is 5.32 Å². The zero-order chi connectivity index (χ0) is 13.3. The van der Waals surface area contributed by atoms with Gasteiger partial charge in [0.05, 0.1) is 0 Å². The molecule has 0 spiro atoms. The lowest BCUT2D eigenvalue weighted by Crippen LogP contribution is -2.60. The fourth-order valence-electron chi connectivity index (χ4n) is 2.80. The molecule has 1 aliphatic carbocycles. The van der Waals surface area contributed by atoms with Gasteiger partial charge in [-0.2, -0.15) is 0 Å². The molecule has 2 rings (SSSR count). The molecule has 1 heterocycles. The smallest absolute Gasteiger partial charge is 0.0277 e. The van der Waals surface area contributed by atoms with Gasteiger partial charge in [-0.15, -0.1) is 0 Å². The molecule has 0 aromatic carbocycles. The summed E-state index contributed by atoms with van der Waals surface area (Å²) in [6.07, 6.45) is 2.78. The van der Waals surface area contributed by atoms with Crippen molar-refractivity contribution in [2.75, 3.05) is 33.2 Å². The van der Waals surface area contributed by atoms with E-state index in [1.165, 1.54) is 39.0 Å². The molecule has 2 fully saturated rings. The van der Waals surface area contributed by atoms with Gasteiger partial charge >= 0.3 is 0 Å². The summed E-state index contributed by atoms with van der Waals surface area (Å²) < 4.78 is 0. The van der Waals surface area contributed by atoms with Crippen molar-refractivity contribution in [2.24, 2.45) is 5.92 Å². The van der Waals surface area contributed by atoms with E-state index in [9.17, 15) is 0 Å². The van der Waals surface area contributed by atoms with Crippen molar-refractivity contribution >= 4 is 0 Å². The minimum Gasteiger partial charge on any atom is -0.314 e. The van der Waals surface area contributed by atoms with E-state index in [1.54, 1.807) is 0 Å². The third kappa shape index (κ3) is 3.46. The number of nitrogens with zero attached hydrogens (tertiary/aromatic N) is 2. The first kappa shape index (κ1) is 14.3. The number of likely N-dealkylation sites (N-methyl/N-ethyl adjacent to an activating group) is 1. The maximum atomic E-state index is 3.67. The van der Waals surface area contributed by atoms with Crippen LogP contribution in [0.5, 0.6) is 0 Å². The summed E-state index contributed by atoms with van der Waals surface area (Å²) >= 11 is 0. The summed E-state index contributed by atoms with van der Waals surface area (Å²) in [4.78, 5) is 5.17. The number of rotatable bonds is 5. The maximum absolute atomic E-state index is 3.67. The molecule has 106 valence electrons. The average molecular weight is 253 g/mol. The fraction of sp³-hybridized carbons (Fsp3) is 1.00. The Morgan fingerprint density at radius 1 is 1.22 bits per heavy atom. The van der Waals surface area contributed by atoms with Crippen molar-refractivity contribution in [1.29, 1.82) is 0 Å². The quantitative estimate of drug-likeness (QED) is 0.806. The van der Waals surface area contributed by atoms with Gasteiger partial charge in [0.25, 0.3) is 0 Å². The van der Waals surface area contributed by atoms with E-state index < -0.39 is 0 Å². The predicted molar refractivity (Wildman–Crippen MR) is 77.9 cm³/mol. The second-order valence-electron chi connectivity index (χ2n) is 7.10. The van der Waals surface area contributed by atoms with Gasteiger partial charge in [-0.3, -0.25) is 9.80 Å². The van der Waals surface area contributed by atoms with Crippen LogP contribution < -0.4 is 5.32 Å². The highest BCUT2D eigenvalue weighted by Gasteiger charge is 2.34. The topological polar surface area (TPSA) is 18.5 Å². The summed E-state index contributed by atoms with van der Waals surface area (Å²) in [7, 11) is 2.25. The first-order chi connectivity index (χ1) is 8.40. The Labute approximate surface area is 113 Å². The summed E-state index contributed by atoms with van der Waals surface area (Å²) in [6.45, 7) is 14.3. The Balaban J connectivity index is 1.81. The monoisotopic (exact) mass is 253 g/mol. The minimum absolute atomic E-state index is 0.316. The molecule has 1 aliphatic heterocycles. The highest BCUT2D eigenvalue weighted by Crippen LogP contribution is 2.24. The SMILES string of the molecule is CC(CNC1CC1)C(C)N1CCN(C)C(C)(C)C1. The van der Waals surface area contributed by atoms with E-state index >= 15 is 0 Å². The van der Waals surface area contributed by atoms with Gasteiger partial charge in [-0.25, -0.2) is 0 Å². The zero-order valence-corrected chi connectivity index (χ0v) is 12.9. The predicted octanol–water partition coefficient (Wildman–Crippen LogP) is 1.79. The van der Waals surface area contributed by atoms with E-state index in [1.807, 2.05) is 0 Å². The Bertz CT molecular complexity index is 273. The lowest BCUT2D eigenvalue weighted by Gasteiger charge is -2.48. The van der Waals surface area contributed by atoms with Crippen molar-refractivity contribution in [3.63, 3.8) is 0 Å². The van der Waals surface area contributed by atoms with Gasteiger partial charge in [0, 0.05) is 37.3 Å². The standard InChI is InChI=1S/C15H31N3/c1-12(10-16-14-6-7-14)13(2)18-9-8-17(5)15(3,4)11-18/h12-14,16H,6-11H2,1-5H3. The van der Waals surface area contributed by atoms with Crippen LogP contribution in [0.25, 0.3) is 0 Å². The Morgan fingerprint density at radius 2 is 1.89 bits per heavy atom. The summed E-state index contributed by atoms with van der Waals surface area (Å²) in [5.41, 5.74) is 0.316. The van der Waals surface area contributed by atoms with E-state index in [-0.39, 0.29) is 0 Å². The molecular formula is C15H31N3. The van der Waals surface area contributed by atoms with E-state index in [0.29, 0.717) is 11.6 Å². The van der Waals surface area contributed by atoms with E-state index in [0.717, 1.165) is 12.0 Å². The van der Waals surface area contributed by atoms with Crippen molar-refractivity contribution in [3.05, 3.63) is 0 Å². The van der Waals surface area contributed by atoms with Crippen molar-refractivity contribution in [2.45, 2.75) is 58.2 Å². The molecule has 0 bridgehead atoms. The van der Waals surface area contributed by atoms with E-state index in [2.05, 4.69) is 49.9 Å². The van der Waals surface area contributed by atoms with Gasteiger partial charge in [0.15, 0.2) is 0 Å². The molecular weight excluding hydrogens is 222 g/mol. The Hall–Kier alpha value is -0.120. The van der Waals surface area contributed by atoms with Crippen LogP contribution in [-0.2, 0) is 0 Å². The highest BCUT2D eigenvalue weighted by atomic mass is 15.3. The van der Waals surface area contributed by atoms with Gasteiger partial charge in [-0.1, -0.05) is 6.92 Å². The molecule has 0 aromatic heterocycles. The molecule has 2 atom stereocenters. The summed E-state index contributed by atoms with van der Waals surface area (Å²) in [5.74, 6) is 0.741. The second-order valence-corrected chi connectivity index (χ2v) is 7.10. The molecule has 0 amide bonds. The molecule has 3 nitrogen and oxygen atoms in total. The van der Waals surface area contributed by atoms with Crippen LogP contribution in [0.15, 0.2) is 0 Å². The highest BCUT2D eigenvalue weighted by molar-refractivity contribution is 4.91. The maximum Gasteiger partial charge on any atom is 0.0277 e. The van der Waals surface area contributed by atoms with E-state index in [4.69, 9.17) is 0 Å². The first-order valence-corrected chi connectivity index (χ1v) is 7.59. The molecule has 0 aromatic rings. The number of hydrogen-bond donors (Lipinski definition) is 1. The largest absolute Gasteiger partial charge is 0.314 e. The van der Waals surface area contributed by atoms with Crippen LogP contribution in [0.4, 0.5) is 0 Å². The number of nitrogens with one attached hydrogen (secondary N) is 1. The Kier molecular flexibility index (Phi) is 4.35. The summed E-state index contributed by atoms with van der Waals surface area (Å²) in [6, 6.07) is 1.52. The van der Waals surface area contributed by atoms with Gasteiger partial charge in [0.1, 0.15) is 0 Å². The lowest BCUT2D eigenvalue weighted by molar-refractivity contribution is 0.00860. The molecule has 18 heavy (non-hydrogen) atoms. The zero-order valence-electron chi connectivity index (χ0n) is 12.9. The fourth-order valence-corrected chi connectivity index (χ4v) is 2.80. The second kappa shape index (κ2) is 5.48. The molecule has 2 aliphatic rings. The molecule has 1 saturated carbocycles. The van der Waals surface area contributed by atoms with Gasteiger partial charge in [-0.05, 0) is 53.1 Å². The average Bonchev–Trinajstić information content (AvgIpc) is 3.12. The summed E-state index contributed by atoms with van der Waals surface area (Å²) in [5, 5.41) is 3.67. The van der Waals surface area contributed by atoms with Crippen LogP contribution >= 0.6 is 0 Å². The lowest BCUT2D eigenvalue weighted by atomic mass is 9.95. The van der Waals surface area contributed by atoms with Crippen molar-refractivity contribution in [3.8, 4) is 0 Å². The Morgan fingerprint density at radius 3 is 2.44 bits per heavy atom. The van der Waals surface area contributed by atoms with Crippen LogP contribution in [0, 0.1) is 5.92 Å². The minimum atomic E-state index is 0.316. The number of piperazine rings is 1. The third-order valence-corrected chi connectivity index (χ3v) is 5.05. The number of hydrogen-bond acceptors (Lipinski definition) is 3. The van der Waals surface area contributed by atoms with Crippen LogP contribution in [0.3, 0.4) is 0 Å². The van der Waals surface area contributed by atoms with Gasteiger partial charge in [0.2, 0.25) is 0 Å². The normalized spacial score (nSPS) is 29.2. The molecule has 2 unspecified atom stereocenters. The molecule has 1 saturated heterocycles. The molecule has 0 radical (unpaired) electrons. The van der Waals surface area contributed by atoms with Crippen LogP contribution in [0.2, 0.25) is 0 Å². The van der Waals surface area contributed by atoms with Crippen molar-refractivity contribution < 1.29 is 0 Å². The van der Waals surface area contributed by atoms with Crippen molar-refractivity contribution in [1.82, 2.24) is 15.1 Å². The van der Waals surface area contributed by atoms with Crippen LogP contribution in [0.1, 0.15) is 40.5 Å². The van der Waals surface area contributed by atoms with Crippen LogP contribution in [-0.4, -0.2) is 60.6 Å². The molecule has 3 heteroatoms. The third-order valence-electron chi connectivity index (χ3n) is 5.05. The first-order valence-electron chi connectivity index (χ1n) is 7.59. The molecule has 1 N–H and O–H groups in total.